The van der Waals surface area contributed by atoms with Gasteiger partial charge in [-0.3, -0.25) is 5.43 Å². The van der Waals surface area contributed by atoms with Crippen molar-refractivity contribution in [1.29, 1.82) is 0 Å². The molecule has 0 aliphatic carbocycles. The highest BCUT2D eigenvalue weighted by molar-refractivity contribution is 9.10. The maximum Gasteiger partial charge on any atom is 0.128 e. The molecule has 19 heavy (non-hydrogen) atoms. The topological polar surface area (TPSA) is 33.6 Å². The van der Waals surface area contributed by atoms with Crippen LogP contribution in [0.4, 0.5) is 5.69 Å². The molecule has 0 saturated carbocycles. The van der Waals surface area contributed by atoms with E-state index in [4.69, 9.17) is 4.74 Å². The van der Waals surface area contributed by atoms with E-state index in [0.29, 0.717) is 6.61 Å². The van der Waals surface area contributed by atoms with E-state index < -0.39 is 0 Å². The number of hydrogen-bond donors (Lipinski definition) is 1. The van der Waals surface area contributed by atoms with Crippen molar-refractivity contribution in [3.8, 4) is 5.75 Å². The molecule has 3 nitrogen and oxygen atoms in total. The number of benzene rings is 2. The number of nitrogens with one attached hydrogen (secondary N) is 1. The predicted octanol–water partition coefficient (Wildman–Crippen LogP) is 4.29. The molecule has 0 heterocycles. The SMILES string of the molecule is CCOc1ccc(Br)cc1/C=N/Nc1ccccc1. The molecule has 0 aliphatic rings. The Kier molecular flexibility index (Phi) is 4.98. The summed E-state index contributed by atoms with van der Waals surface area (Å²) >= 11 is 3.45. The van der Waals surface area contributed by atoms with Crippen LogP contribution in [0.15, 0.2) is 58.1 Å². The molecule has 2 aromatic rings. The molecule has 0 bridgehead atoms. The Bertz CT molecular complexity index is 555. The fraction of sp³-hybridized carbons (Fsp3) is 0.133. The predicted molar refractivity (Wildman–Crippen MR) is 83.0 cm³/mol. The van der Waals surface area contributed by atoms with Crippen LogP contribution in [0.1, 0.15) is 12.5 Å². The highest BCUT2D eigenvalue weighted by Crippen LogP contribution is 2.21. The van der Waals surface area contributed by atoms with E-state index >= 15 is 0 Å². The monoisotopic (exact) mass is 318 g/mol. The lowest BCUT2D eigenvalue weighted by Gasteiger charge is -2.07. The second-order valence-electron chi connectivity index (χ2n) is 3.85. The number of rotatable bonds is 5. The molecule has 0 amide bonds. The van der Waals surface area contributed by atoms with Crippen LogP contribution in [0, 0.1) is 0 Å². The minimum absolute atomic E-state index is 0.634. The van der Waals surface area contributed by atoms with E-state index in [0.717, 1.165) is 21.5 Å². The number of anilines is 1. The fourth-order valence-corrected chi connectivity index (χ4v) is 1.97. The van der Waals surface area contributed by atoms with E-state index in [-0.39, 0.29) is 0 Å². The molecule has 0 aromatic heterocycles. The van der Waals surface area contributed by atoms with Crippen LogP contribution in [-0.4, -0.2) is 12.8 Å². The summed E-state index contributed by atoms with van der Waals surface area (Å²) < 4.78 is 6.55. The van der Waals surface area contributed by atoms with Crippen LogP contribution in [0.3, 0.4) is 0 Å². The van der Waals surface area contributed by atoms with Crippen molar-refractivity contribution in [3.63, 3.8) is 0 Å². The van der Waals surface area contributed by atoms with Crippen molar-refractivity contribution in [2.75, 3.05) is 12.0 Å². The summed E-state index contributed by atoms with van der Waals surface area (Å²) in [6, 6.07) is 15.7. The molecule has 2 aromatic carbocycles. The van der Waals surface area contributed by atoms with Gasteiger partial charge in [0.2, 0.25) is 0 Å². The summed E-state index contributed by atoms with van der Waals surface area (Å²) in [6.07, 6.45) is 1.75. The first-order valence-electron chi connectivity index (χ1n) is 6.06. The van der Waals surface area contributed by atoms with Gasteiger partial charge in [0.25, 0.3) is 0 Å². The van der Waals surface area contributed by atoms with Crippen LogP contribution in [-0.2, 0) is 0 Å². The molecule has 0 spiro atoms. The van der Waals surface area contributed by atoms with Crippen molar-refractivity contribution in [2.24, 2.45) is 5.10 Å². The Balaban J connectivity index is 2.11. The molecule has 0 saturated heterocycles. The lowest BCUT2D eigenvalue weighted by molar-refractivity contribution is 0.339. The third-order valence-corrected chi connectivity index (χ3v) is 2.94. The number of ether oxygens (including phenoxy) is 1. The zero-order chi connectivity index (χ0) is 13.5. The summed E-state index contributed by atoms with van der Waals surface area (Å²) in [7, 11) is 0. The first kappa shape index (κ1) is 13.6. The van der Waals surface area contributed by atoms with E-state index in [1.54, 1.807) is 6.21 Å². The molecule has 1 N–H and O–H groups in total. The zero-order valence-electron chi connectivity index (χ0n) is 10.6. The van der Waals surface area contributed by atoms with Gasteiger partial charge in [0.15, 0.2) is 0 Å². The Morgan fingerprint density at radius 2 is 2.00 bits per heavy atom. The summed E-state index contributed by atoms with van der Waals surface area (Å²) in [4.78, 5) is 0. The highest BCUT2D eigenvalue weighted by atomic mass is 79.9. The summed E-state index contributed by atoms with van der Waals surface area (Å²) in [6.45, 7) is 2.60. The molecule has 0 radical (unpaired) electrons. The van der Waals surface area contributed by atoms with Crippen LogP contribution < -0.4 is 10.2 Å². The number of hydrogen-bond acceptors (Lipinski definition) is 3. The molecule has 0 unspecified atom stereocenters. The molecule has 0 atom stereocenters. The van der Waals surface area contributed by atoms with Gasteiger partial charge in [-0.1, -0.05) is 34.1 Å². The van der Waals surface area contributed by atoms with Gasteiger partial charge in [-0.25, -0.2) is 0 Å². The molecule has 4 heteroatoms. The lowest BCUT2D eigenvalue weighted by Crippen LogP contribution is -1.97. The second-order valence-corrected chi connectivity index (χ2v) is 4.77. The maximum atomic E-state index is 5.55. The first-order chi connectivity index (χ1) is 9.29. The molecule has 2 rings (SSSR count). The number of nitrogens with zero attached hydrogens (tertiary/aromatic N) is 1. The van der Waals surface area contributed by atoms with Crippen molar-refractivity contribution >= 4 is 27.8 Å². The molecule has 0 aliphatic heterocycles. The number of para-hydroxylation sites is 1. The Morgan fingerprint density at radius 1 is 1.21 bits per heavy atom. The van der Waals surface area contributed by atoms with Crippen LogP contribution in [0.25, 0.3) is 0 Å². The average molecular weight is 319 g/mol. The Hall–Kier alpha value is -1.81. The van der Waals surface area contributed by atoms with Crippen molar-refractivity contribution in [3.05, 3.63) is 58.6 Å². The van der Waals surface area contributed by atoms with Crippen LogP contribution in [0.2, 0.25) is 0 Å². The minimum atomic E-state index is 0.634. The third kappa shape index (κ3) is 4.10. The number of halogens is 1. The van der Waals surface area contributed by atoms with Gasteiger partial charge in [-0.15, -0.1) is 0 Å². The zero-order valence-corrected chi connectivity index (χ0v) is 12.2. The fourth-order valence-electron chi connectivity index (χ4n) is 1.60. The summed E-state index contributed by atoms with van der Waals surface area (Å²) in [5, 5.41) is 4.22. The van der Waals surface area contributed by atoms with E-state index in [1.165, 1.54) is 0 Å². The number of hydrazone groups is 1. The highest BCUT2D eigenvalue weighted by Gasteiger charge is 2.01. The van der Waals surface area contributed by atoms with Gasteiger partial charge in [0.05, 0.1) is 18.5 Å². The van der Waals surface area contributed by atoms with E-state index in [1.807, 2.05) is 55.5 Å². The Labute approximate surface area is 121 Å². The molecular formula is C15H15BrN2O. The van der Waals surface area contributed by atoms with Crippen molar-refractivity contribution < 1.29 is 4.74 Å². The minimum Gasteiger partial charge on any atom is -0.493 e. The van der Waals surface area contributed by atoms with Crippen LogP contribution >= 0.6 is 15.9 Å². The largest absolute Gasteiger partial charge is 0.493 e. The lowest BCUT2D eigenvalue weighted by atomic mass is 10.2. The van der Waals surface area contributed by atoms with Crippen molar-refractivity contribution in [1.82, 2.24) is 0 Å². The van der Waals surface area contributed by atoms with Gasteiger partial charge >= 0.3 is 0 Å². The smallest absolute Gasteiger partial charge is 0.128 e. The standard InChI is InChI=1S/C15H15BrN2O/c1-2-19-15-9-8-13(16)10-12(15)11-17-18-14-6-4-3-5-7-14/h3-11,18H,2H2,1H3/b17-11+. The average Bonchev–Trinajstić information content (AvgIpc) is 2.43. The normalized spacial score (nSPS) is 10.6. The molecule has 0 fully saturated rings. The van der Waals surface area contributed by atoms with Crippen LogP contribution in [0.5, 0.6) is 5.75 Å². The maximum absolute atomic E-state index is 5.55. The molecular weight excluding hydrogens is 304 g/mol. The second kappa shape index (κ2) is 6.95. The first-order valence-corrected chi connectivity index (χ1v) is 6.85. The van der Waals surface area contributed by atoms with E-state index in [9.17, 15) is 0 Å². The molecule has 98 valence electrons. The van der Waals surface area contributed by atoms with Gasteiger partial charge in [-0.2, -0.15) is 5.10 Å². The van der Waals surface area contributed by atoms with Gasteiger partial charge in [0.1, 0.15) is 5.75 Å². The van der Waals surface area contributed by atoms with Gasteiger partial charge in [-0.05, 0) is 37.3 Å². The Morgan fingerprint density at radius 3 is 2.74 bits per heavy atom. The van der Waals surface area contributed by atoms with Gasteiger partial charge in [0, 0.05) is 10.0 Å². The quantitative estimate of drug-likeness (QED) is 0.659. The summed E-state index contributed by atoms with van der Waals surface area (Å²) in [5.41, 5.74) is 4.86. The third-order valence-electron chi connectivity index (χ3n) is 2.44. The van der Waals surface area contributed by atoms with Gasteiger partial charge < -0.3 is 4.74 Å². The van der Waals surface area contributed by atoms with Crippen molar-refractivity contribution in [2.45, 2.75) is 6.92 Å². The summed E-state index contributed by atoms with van der Waals surface area (Å²) in [5.74, 6) is 0.823. The van der Waals surface area contributed by atoms with E-state index in [2.05, 4.69) is 26.5 Å².